The van der Waals surface area contributed by atoms with Gasteiger partial charge in [-0.2, -0.15) is 5.10 Å². The summed E-state index contributed by atoms with van der Waals surface area (Å²) in [7, 11) is -0.449. The van der Waals surface area contributed by atoms with E-state index in [1.54, 1.807) is 4.68 Å². The third-order valence-corrected chi connectivity index (χ3v) is 4.41. The quantitative estimate of drug-likeness (QED) is 0.801. The molecule has 21 heavy (non-hydrogen) atoms. The van der Waals surface area contributed by atoms with Crippen LogP contribution in [0.1, 0.15) is 27.7 Å². The standard InChI is InChI=1S/C15H18BClN2O2/c1-14(2)15(3,4)21-16(20-14)13-8-9-19(18-13)12-7-5-6-11(17)10-12/h5-10H,1-4H3. The summed E-state index contributed by atoms with van der Waals surface area (Å²) in [6.45, 7) is 8.11. The monoisotopic (exact) mass is 304 g/mol. The Hall–Kier alpha value is -1.30. The van der Waals surface area contributed by atoms with Crippen LogP contribution in [0.25, 0.3) is 5.69 Å². The zero-order chi connectivity index (χ0) is 15.3. The average Bonchev–Trinajstić information content (AvgIpc) is 2.93. The third-order valence-electron chi connectivity index (χ3n) is 4.18. The molecule has 0 aliphatic carbocycles. The summed E-state index contributed by atoms with van der Waals surface area (Å²) in [5.74, 6) is 0. The topological polar surface area (TPSA) is 36.3 Å². The molecule has 3 rings (SSSR count). The minimum Gasteiger partial charge on any atom is -0.398 e. The molecule has 110 valence electrons. The van der Waals surface area contributed by atoms with Crippen LogP contribution >= 0.6 is 11.6 Å². The molecule has 1 aromatic heterocycles. The van der Waals surface area contributed by atoms with E-state index in [2.05, 4.69) is 5.10 Å². The first-order chi connectivity index (χ1) is 9.78. The fraction of sp³-hybridized carbons (Fsp3) is 0.400. The molecule has 6 heteroatoms. The van der Waals surface area contributed by atoms with Crippen molar-refractivity contribution in [3.8, 4) is 5.69 Å². The SMILES string of the molecule is CC1(C)OB(c2ccn(-c3cccc(Cl)c3)n2)OC1(C)C. The van der Waals surface area contributed by atoms with E-state index >= 15 is 0 Å². The number of halogens is 1. The summed E-state index contributed by atoms with van der Waals surface area (Å²) in [5, 5.41) is 5.22. The molecular weight excluding hydrogens is 286 g/mol. The molecule has 1 aliphatic rings. The Labute approximate surface area is 130 Å². The van der Waals surface area contributed by atoms with Gasteiger partial charge in [0.25, 0.3) is 0 Å². The fourth-order valence-electron chi connectivity index (χ4n) is 2.19. The summed E-state index contributed by atoms with van der Waals surface area (Å²) in [4.78, 5) is 0. The Bertz CT molecular complexity index is 653. The van der Waals surface area contributed by atoms with Gasteiger partial charge in [0.2, 0.25) is 0 Å². The lowest BCUT2D eigenvalue weighted by atomic mass is 9.85. The first kappa shape index (κ1) is 14.6. The van der Waals surface area contributed by atoms with Crippen LogP contribution in [0.15, 0.2) is 36.5 Å². The predicted octanol–water partition coefficient (Wildman–Crippen LogP) is 2.82. The van der Waals surface area contributed by atoms with E-state index in [0.29, 0.717) is 5.02 Å². The van der Waals surface area contributed by atoms with Gasteiger partial charge in [0, 0.05) is 11.2 Å². The van der Waals surface area contributed by atoms with Crippen molar-refractivity contribution in [2.75, 3.05) is 0 Å². The molecule has 1 aliphatic heterocycles. The minimum absolute atomic E-state index is 0.364. The van der Waals surface area contributed by atoms with Crippen LogP contribution in [0, 0.1) is 0 Å². The molecule has 2 aromatic rings. The molecule has 1 fully saturated rings. The van der Waals surface area contributed by atoms with E-state index in [9.17, 15) is 0 Å². The molecule has 1 aromatic carbocycles. The van der Waals surface area contributed by atoms with Gasteiger partial charge in [-0.3, -0.25) is 0 Å². The third kappa shape index (κ3) is 2.61. The first-order valence-corrected chi connectivity index (χ1v) is 7.33. The van der Waals surface area contributed by atoms with Crippen molar-refractivity contribution in [3.63, 3.8) is 0 Å². The second kappa shape index (κ2) is 4.87. The van der Waals surface area contributed by atoms with Gasteiger partial charge in [-0.25, -0.2) is 4.68 Å². The van der Waals surface area contributed by atoms with Crippen molar-refractivity contribution in [1.29, 1.82) is 0 Å². The number of benzene rings is 1. The van der Waals surface area contributed by atoms with Gasteiger partial charge in [-0.15, -0.1) is 0 Å². The van der Waals surface area contributed by atoms with Gasteiger partial charge < -0.3 is 9.31 Å². The van der Waals surface area contributed by atoms with Crippen LogP contribution in [0.5, 0.6) is 0 Å². The molecule has 2 heterocycles. The van der Waals surface area contributed by atoms with Gasteiger partial charge >= 0.3 is 7.12 Å². The zero-order valence-electron chi connectivity index (χ0n) is 12.6. The summed E-state index contributed by atoms with van der Waals surface area (Å²) < 4.78 is 13.8. The maximum atomic E-state index is 6.01. The second-order valence-electron chi connectivity index (χ2n) is 6.25. The van der Waals surface area contributed by atoms with Crippen LogP contribution in [-0.4, -0.2) is 28.1 Å². The molecule has 0 spiro atoms. The van der Waals surface area contributed by atoms with Crippen molar-refractivity contribution >= 4 is 24.3 Å². The summed E-state index contributed by atoms with van der Waals surface area (Å²) in [6.07, 6.45) is 1.88. The van der Waals surface area contributed by atoms with Crippen molar-refractivity contribution < 1.29 is 9.31 Å². The van der Waals surface area contributed by atoms with Gasteiger partial charge in [0.15, 0.2) is 0 Å². The van der Waals surface area contributed by atoms with Crippen LogP contribution in [0.2, 0.25) is 5.02 Å². The molecule has 1 saturated heterocycles. The van der Waals surface area contributed by atoms with E-state index in [4.69, 9.17) is 20.9 Å². The highest BCUT2D eigenvalue weighted by Crippen LogP contribution is 2.36. The molecule has 4 nitrogen and oxygen atoms in total. The molecule has 0 saturated carbocycles. The molecule has 0 unspecified atom stereocenters. The van der Waals surface area contributed by atoms with Gasteiger partial charge in [0.1, 0.15) is 0 Å². The number of aromatic nitrogens is 2. The first-order valence-electron chi connectivity index (χ1n) is 6.96. The van der Waals surface area contributed by atoms with Crippen molar-refractivity contribution in [3.05, 3.63) is 41.6 Å². The highest BCUT2D eigenvalue weighted by molar-refractivity contribution is 6.61. The van der Waals surface area contributed by atoms with E-state index in [1.165, 1.54) is 0 Å². The summed E-state index contributed by atoms with van der Waals surface area (Å²) in [6, 6.07) is 9.45. The van der Waals surface area contributed by atoms with Gasteiger partial charge in [-0.1, -0.05) is 17.7 Å². The van der Waals surface area contributed by atoms with Crippen molar-refractivity contribution in [2.24, 2.45) is 0 Å². The summed E-state index contributed by atoms with van der Waals surface area (Å²) >= 11 is 6.01. The lowest BCUT2D eigenvalue weighted by Crippen LogP contribution is -2.41. The van der Waals surface area contributed by atoms with Gasteiger partial charge in [0.05, 0.1) is 22.5 Å². The molecule has 0 radical (unpaired) electrons. The normalized spacial score (nSPS) is 20.0. The lowest BCUT2D eigenvalue weighted by Gasteiger charge is -2.32. The lowest BCUT2D eigenvalue weighted by molar-refractivity contribution is 0.00578. The average molecular weight is 305 g/mol. The van der Waals surface area contributed by atoms with E-state index in [0.717, 1.165) is 11.3 Å². The number of hydrogen-bond acceptors (Lipinski definition) is 3. The second-order valence-corrected chi connectivity index (χ2v) is 6.69. The molecular formula is C15H18BClN2O2. The van der Waals surface area contributed by atoms with Crippen molar-refractivity contribution in [1.82, 2.24) is 9.78 Å². The maximum absolute atomic E-state index is 6.01. The molecule has 0 bridgehead atoms. The van der Waals surface area contributed by atoms with Crippen molar-refractivity contribution in [2.45, 2.75) is 38.9 Å². The Kier molecular flexibility index (Phi) is 3.39. The largest absolute Gasteiger partial charge is 0.516 e. The Morgan fingerprint density at radius 3 is 2.38 bits per heavy atom. The minimum atomic E-state index is -0.449. The number of rotatable bonds is 2. The maximum Gasteiger partial charge on any atom is 0.516 e. The van der Waals surface area contributed by atoms with Gasteiger partial charge in [-0.05, 0) is 52.0 Å². The molecule has 0 N–H and O–H groups in total. The smallest absolute Gasteiger partial charge is 0.398 e. The van der Waals surface area contributed by atoms with Crippen LogP contribution in [0.3, 0.4) is 0 Å². The Morgan fingerprint density at radius 1 is 1.10 bits per heavy atom. The van der Waals surface area contributed by atoms with E-state index in [-0.39, 0.29) is 11.2 Å². The van der Waals surface area contributed by atoms with Crippen LogP contribution < -0.4 is 5.59 Å². The highest BCUT2D eigenvalue weighted by atomic mass is 35.5. The van der Waals surface area contributed by atoms with Crippen LogP contribution in [0.4, 0.5) is 0 Å². The van der Waals surface area contributed by atoms with E-state index < -0.39 is 7.12 Å². The fourth-order valence-corrected chi connectivity index (χ4v) is 2.37. The molecule has 0 amide bonds. The summed E-state index contributed by atoms with van der Waals surface area (Å²) in [5.41, 5.74) is 0.938. The van der Waals surface area contributed by atoms with Crippen LogP contribution in [-0.2, 0) is 9.31 Å². The highest BCUT2D eigenvalue weighted by Gasteiger charge is 2.52. The zero-order valence-corrected chi connectivity index (χ0v) is 13.4. The Morgan fingerprint density at radius 2 is 1.76 bits per heavy atom. The number of hydrogen-bond donors (Lipinski definition) is 0. The molecule has 0 atom stereocenters. The Balaban J connectivity index is 1.87. The predicted molar refractivity (Wildman–Crippen MR) is 84.3 cm³/mol. The number of nitrogens with zero attached hydrogens (tertiary/aromatic N) is 2. The van der Waals surface area contributed by atoms with E-state index in [1.807, 2.05) is 64.2 Å².